The van der Waals surface area contributed by atoms with Gasteiger partial charge in [-0.05, 0) is 24.1 Å². The fraction of sp³-hybridized carbons (Fsp3) is 0.333. The van der Waals surface area contributed by atoms with E-state index in [0.29, 0.717) is 13.0 Å². The molecule has 0 aliphatic heterocycles. The summed E-state index contributed by atoms with van der Waals surface area (Å²) in [5, 5.41) is 12.7. The van der Waals surface area contributed by atoms with Crippen molar-refractivity contribution < 1.29 is 13.5 Å². The zero-order valence-corrected chi connectivity index (χ0v) is 11.6. The second kappa shape index (κ2) is 6.60. The maximum Gasteiger partial charge on any atom is 0.243 e. The van der Waals surface area contributed by atoms with Gasteiger partial charge < -0.3 is 5.11 Å². The summed E-state index contributed by atoms with van der Waals surface area (Å²) in [7, 11) is -3.58. The van der Waals surface area contributed by atoms with Gasteiger partial charge in [0.15, 0.2) is 0 Å². The molecule has 2 aromatic rings. The number of hydrogen-bond donors (Lipinski definition) is 2. The molecule has 108 valence electrons. The molecule has 20 heavy (non-hydrogen) atoms. The van der Waals surface area contributed by atoms with E-state index < -0.39 is 10.0 Å². The van der Waals surface area contributed by atoms with E-state index >= 15 is 0 Å². The van der Waals surface area contributed by atoms with Gasteiger partial charge in [-0.25, -0.2) is 13.1 Å². The van der Waals surface area contributed by atoms with Crippen molar-refractivity contribution in [2.24, 2.45) is 0 Å². The van der Waals surface area contributed by atoms with E-state index in [1.165, 1.54) is 17.1 Å². The molecule has 2 aromatic heterocycles. The highest BCUT2D eigenvalue weighted by Crippen LogP contribution is 2.08. The van der Waals surface area contributed by atoms with Crippen LogP contribution in [0.2, 0.25) is 0 Å². The van der Waals surface area contributed by atoms with E-state index in [9.17, 15) is 8.42 Å². The van der Waals surface area contributed by atoms with Crippen LogP contribution < -0.4 is 4.72 Å². The fourth-order valence-corrected chi connectivity index (χ4v) is 2.57. The van der Waals surface area contributed by atoms with Crippen molar-refractivity contribution in [3.05, 3.63) is 42.5 Å². The highest BCUT2D eigenvalue weighted by Gasteiger charge is 2.16. The Kier molecular flexibility index (Phi) is 4.83. The topological polar surface area (TPSA) is 97.1 Å². The van der Waals surface area contributed by atoms with Crippen molar-refractivity contribution in [1.29, 1.82) is 0 Å². The Morgan fingerprint density at radius 3 is 2.75 bits per heavy atom. The minimum absolute atomic E-state index is 0.0439. The molecule has 0 atom stereocenters. The average molecular weight is 296 g/mol. The van der Waals surface area contributed by atoms with E-state index in [2.05, 4.69) is 14.8 Å². The van der Waals surface area contributed by atoms with Gasteiger partial charge in [0.05, 0.1) is 6.20 Å². The van der Waals surface area contributed by atoms with E-state index in [1.807, 2.05) is 0 Å². The number of pyridine rings is 1. The zero-order chi connectivity index (χ0) is 14.4. The fourth-order valence-electron chi connectivity index (χ4n) is 1.60. The summed E-state index contributed by atoms with van der Waals surface area (Å²) in [6.45, 7) is 0.727. The van der Waals surface area contributed by atoms with E-state index in [4.69, 9.17) is 5.11 Å². The van der Waals surface area contributed by atoms with Crippen LogP contribution in [0.4, 0.5) is 0 Å². The first-order valence-corrected chi connectivity index (χ1v) is 7.62. The molecule has 0 fully saturated rings. The maximum atomic E-state index is 12.1. The molecule has 0 aliphatic carbocycles. The predicted octanol–water partition coefficient (Wildman–Crippen LogP) is 0.139. The van der Waals surface area contributed by atoms with Gasteiger partial charge in [-0.15, -0.1) is 0 Å². The monoisotopic (exact) mass is 296 g/mol. The van der Waals surface area contributed by atoms with Gasteiger partial charge in [0.2, 0.25) is 10.0 Å². The van der Waals surface area contributed by atoms with E-state index in [1.54, 1.807) is 24.5 Å². The summed E-state index contributed by atoms with van der Waals surface area (Å²) in [5.74, 6) is 0. The third-order valence-electron chi connectivity index (χ3n) is 2.68. The largest absolute Gasteiger partial charge is 0.396 e. The summed E-state index contributed by atoms with van der Waals surface area (Å²) in [6.07, 6.45) is 6.50. The summed E-state index contributed by atoms with van der Waals surface area (Å²) in [6, 6.07) is 3.49. The van der Waals surface area contributed by atoms with Crippen LogP contribution in [-0.2, 0) is 23.1 Å². The molecule has 0 saturated heterocycles. The minimum Gasteiger partial charge on any atom is -0.396 e. The molecule has 0 spiro atoms. The molecule has 0 unspecified atom stereocenters. The molecule has 0 aromatic carbocycles. The quantitative estimate of drug-likeness (QED) is 0.757. The number of sulfonamides is 1. The number of aliphatic hydroxyl groups is 1. The number of aryl methyl sites for hydroxylation is 1. The number of aromatic nitrogens is 3. The van der Waals surface area contributed by atoms with Gasteiger partial charge in [-0.1, -0.05) is 0 Å². The normalized spacial score (nSPS) is 11.7. The first-order chi connectivity index (χ1) is 9.62. The molecule has 7 nitrogen and oxygen atoms in total. The Hall–Kier alpha value is -1.77. The molecule has 2 N–H and O–H groups in total. The van der Waals surface area contributed by atoms with Gasteiger partial charge in [0, 0.05) is 38.3 Å². The molecular formula is C12H16N4O3S. The first-order valence-electron chi connectivity index (χ1n) is 6.14. The third-order valence-corrected chi connectivity index (χ3v) is 4.04. The van der Waals surface area contributed by atoms with Gasteiger partial charge in [0.25, 0.3) is 0 Å². The van der Waals surface area contributed by atoms with Gasteiger partial charge in [-0.3, -0.25) is 9.67 Å². The molecule has 0 radical (unpaired) electrons. The molecule has 2 heterocycles. The molecule has 0 amide bonds. The van der Waals surface area contributed by atoms with Gasteiger partial charge in [0.1, 0.15) is 4.90 Å². The molecule has 8 heteroatoms. The molecule has 0 aliphatic rings. The van der Waals surface area contributed by atoms with Crippen molar-refractivity contribution in [2.45, 2.75) is 24.4 Å². The third kappa shape index (κ3) is 3.86. The molecule has 0 saturated carbocycles. The Labute approximate surface area is 117 Å². The van der Waals surface area contributed by atoms with Crippen molar-refractivity contribution in [3.8, 4) is 0 Å². The van der Waals surface area contributed by atoms with Crippen LogP contribution in [0.15, 0.2) is 41.8 Å². The number of nitrogens with zero attached hydrogens (tertiary/aromatic N) is 3. The lowest BCUT2D eigenvalue weighted by Gasteiger charge is -2.04. The molecule has 2 rings (SSSR count). The highest BCUT2D eigenvalue weighted by atomic mass is 32.2. The first kappa shape index (κ1) is 14.6. The second-order valence-corrected chi connectivity index (χ2v) is 5.96. The Morgan fingerprint density at radius 2 is 2.05 bits per heavy atom. The Bertz CT molecular complexity index is 640. The van der Waals surface area contributed by atoms with Crippen molar-refractivity contribution in [1.82, 2.24) is 19.5 Å². The van der Waals surface area contributed by atoms with Crippen LogP contribution in [0, 0.1) is 0 Å². The molecular weight excluding hydrogens is 280 g/mol. The van der Waals surface area contributed by atoms with Gasteiger partial charge >= 0.3 is 0 Å². The predicted molar refractivity (Wildman–Crippen MR) is 72.2 cm³/mol. The lowest BCUT2D eigenvalue weighted by molar-refractivity contribution is 0.277. The smallest absolute Gasteiger partial charge is 0.243 e. The lowest BCUT2D eigenvalue weighted by Crippen LogP contribution is -2.22. The number of rotatable bonds is 7. The number of aliphatic hydroxyl groups excluding tert-OH is 1. The van der Waals surface area contributed by atoms with E-state index in [0.717, 1.165) is 5.56 Å². The zero-order valence-electron chi connectivity index (χ0n) is 10.8. The van der Waals surface area contributed by atoms with Crippen LogP contribution in [0.25, 0.3) is 0 Å². The molecule has 0 bridgehead atoms. The summed E-state index contributed by atoms with van der Waals surface area (Å²) < 4.78 is 28.1. The number of hydrogen-bond acceptors (Lipinski definition) is 5. The number of nitrogens with one attached hydrogen (secondary N) is 1. The second-order valence-electron chi connectivity index (χ2n) is 4.20. The van der Waals surface area contributed by atoms with Crippen LogP contribution in [0.5, 0.6) is 0 Å². The van der Waals surface area contributed by atoms with Crippen LogP contribution in [0.3, 0.4) is 0 Å². The average Bonchev–Trinajstić information content (AvgIpc) is 2.94. The van der Waals surface area contributed by atoms with Crippen LogP contribution in [-0.4, -0.2) is 34.9 Å². The Morgan fingerprint density at radius 1 is 1.30 bits per heavy atom. The summed E-state index contributed by atoms with van der Waals surface area (Å²) >= 11 is 0. The van der Waals surface area contributed by atoms with E-state index in [-0.39, 0.29) is 18.0 Å². The highest BCUT2D eigenvalue weighted by molar-refractivity contribution is 7.89. The standard InChI is InChI=1S/C12H16N4O3S/c17-7-1-6-16-10-12(9-14-16)20(18,19)15-8-11-2-4-13-5-3-11/h2-5,9-10,15,17H,1,6-8H2. The van der Waals surface area contributed by atoms with Crippen molar-refractivity contribution in [2.75, 3.05) is 6.61 Å². The van der Waals surface area contributed by atoms with Crippen LogP contribution in [0.1, 0.15) is 12.0 Å². The Balaban J connectivity index is 2.01. The maximum absolute atomic E-state index is 12.1. The lowest BCUT2D eigenvalue weighted by atomic mass is 10.3. The summed E-state index contributed by atoms with van der Waals surface area (Å²) in [5.41, 5.74) is 0.830. The van der Waals surface area contributed by atoms with Gasteiger partial charge in [-0.2, -0.15) is 5.10 Å². The summed E-state index contributed by atoms with van der Waals surface area (Å²) in [4.78, 5) is 3.98. The SMILES string of the molecule is O=S(=O)(NCc1ccncc1)c1cnn(CCCO)c1. The minimum atomic E-state index is -3.58. The van der Waals surface area contributed by atoms with Crippen molar-refractivity contribution in [3.63, 3.8) is 0 Å². The van der Waals surface area contributed by atoms with Crippen molar-refractivity contribution >= 4 is 10.0 Å². The van der Waals surface area contributed by atoms with Crippen LogP contribution >= 0.6 is 0 Å².